The highest BCUT2D eigenvalue weighted by Crippen LogP contribution is 2.35. The lowest BCUT2D eigenvalue weighted by atomic mass is 10.1. The first-order valence-corrected chi connectivity index (χ1v) is 13.2. The minimum atomic E-state index is -4.22. The summed E-state index contributed by atoms with van der Waals surface area (Å²) in [5.74, 6) is -0.300. The van der Waals surface area contributed by atoms with Crippen molar-refractivity contribution in [2.24, 2.45) is 0 Å². The number of hydrogen-bond donors (Lipinski definition) is 1. The molecule has 0 spiro atoms. The summed E-state index contributed by atoms with van der Waals surface area (Å²) in [5.41, 5.74) is 3.00. The van der Waals surface area contributed by atoms with Crippen molar-refractivity contribution in [3.05, 3.63) is 71.3 Å². The molecular weight excluding hydrogens is 494 g/mol. The minimum absolute atomic E-state index is 0.215. The normalized spacial score (nSPS) is 15.4. The quantitative estimate of drug-likeness (QED) is 0.273. The van der Waals surface area contributed by atoms with Crippen LogP contribution in [0.4, 0.5) is 0 Å². The van der Waals surface area contributed by atoms with Crippen molar-refractivity contribution in [2.75, 3.05) is 18.9 Å². The molecule has 1 aliphatic rings. The molecule has 0 unspecified atom stereocenters. The van der Waals surface area contributed by atoms with Gasteiger partial charge in [0.2, 0.25) is 0 Å². The third-order valence-corrected chi connectivity index (χ3v) is 6.99. The summed E-state index contributed by atoms with van der Waals surface area (Å²) in [6, 6.07) is 17.1. The number of benzene rings is 2. The Balaban J connectivity index is 1.74. The molecule has 4 rings (SSSR count). The molecule has 2 aromatic carbocycles. The third-order valence-electron chi connectivity index (χ3n) is 4.91. The smallest absolute Gasteiger partial charge is 0.266 e. The van der Waals surface area contributed by atoms with Gasteiger partial charge in [-0.2, -0.15) is 13.5 Å². The van der Waals surface area contributed by atoms with Crippen LogP contribution in [0.2, 0.25) is 0 Å². The predicted molar refractivity (Wildman–Crippen MR) is 136 cm³/mol. The molecule has 3 aromatic rings. The molecule has 0 aliphatic carbocycles. The Labute approximate surface area is 207 Å². The molecule has 34 heavy (non-hydrogen) atoms. The molecule has 8 nitrogen and oxygen atoms in total. The zero-order chi connectivity index (χ0) is 24.3. The SMILES string of the molecule is CCOc1cccc(-c2nn(-c3ccccc3)cc2/C=C2/SC(=S)N(CCS(=O)(=O)O)C2=O)c1. The van der Waals surface area contributed by atoms with Gasteiger partial charge in [0.05, 0.1) is 23.0 Å². The average Bonchev–Trinajstić information content (AvgIpc) is 3.34. The van der Waals surface area contributed by atoms with Gasteiger partial charge < -0.3 is 4.74 Å². The molecule has 1 saturated heterocycles. The maximum atomic E-state index is 12.9. The van der Waals surface area contributed by atoms with Crippen molar-refractivity contribution in [3.8, 4) is 22.7 Å². The van der Waals surface area contributed by atoms with Gasteiger partial charge in [-0.05, 0) is 37.3 Å². The van der Waals surface area contributed by atoms with Crippen LogP contribution in [-0.2, 0) is 14.9 Å². The van der Waals surface area contributed by atoms with Crippen LogP contribution in [0.5, 0.6) is 5.75 Å². The standard InChI is InChI=1S/C23H21N3O5S3/c1-2-31-19-10-6-7-16(13-19)21-17(15-26(24-21)18-8-4-3-5-9-18)14-20-22(27)25(23(32)33-20)11-12-34(28,29)30/h3-10,13-15H,2,11-12H2,1H3,(H,28,29,30)/b20-14+. The summed E-state index contributed by atoms with van der Waals surface area (Å²) in [6.45, 7) is 2.22. The highest BCUT2D eigenvalue weighted by molar-refractivity contribution is 8.26. The molecule has 0 bridgehead atoms. The van der Waals surface area contributed by atoms with Crippen molar-refractivity contribution < 1.29 is 22.5 Å². The highest BCUT2D eigenvalue weighted by Gasteiger charge is 2.33. The number of aromatic nitrogens is 2. The van der Waals surface area contributed by atoms with Crippen molar-refractivity contribution in [2.45, 2.75) is 6.92 Å². The van der Waals surface area contributed by atoms with Gasteiger partial charge >= 0.3 is 0 Å². The summed E-state index contributed by atoms with van der Waals surface area (Å²) in [5, 5.41) is 4.76. The molecular formula is C23H21N3O5S3. The van der Waals surface area contributed by atoms with Crippen LogP contribution in [0.3, 0.4) is 0 Å². The fourth-order valence-electron chi connectivity index (χ4n) is 3.37. The van der Waals surface area contributed by atoms with Gasteiger partial charge in [0.25, 0.3) is 16.0 Å². The number of rotatable bonds is 8. The number of para-hydroxylation sites is 1. The van der Waals surface area contributed by atoms with Crippen LogP contribution >= 0.6 is 24.0 Å². The molecule has 176 valence electrons. The van der Waals surface area contributed by atoms with Gasteiger partial charge in [-0.1, -0.05) is 54.3 Å². The summed E-state index contributed by atoms with van der Waals surface area (Å²) < 4.78 is 38.9. The summed E-state index contributed by atoms with van der Waals surface area (Å²) in [4.78, 5) is 14.4. The molecule has 1 aliphatic heterocycles. The van der Waals surface area contributed by atoms with E-state index in [9.17, 15) is 13.2 Å². The lowest BCUT2D eigenvalue weighted by Crippen LogP contribution is -2.32. The van der Waals surface area contributed by atoms with Crippen LogP contribution in [0.15, 0.2) is 65.7 Å². The Morgan fingerprint density at radius 1 is 1.18 bits per heavy atom. The summed E-state index contributed by atoms with van der Waals surface area (Å²) in [7, 11) is -4.22. The predicted octanol–water partition coefficient (Wildman–Crippen LogP) is 4.03. The van der Waals surface area contributed by atoms with Gasteiger partial charge in [0, 0.05) is 23.9 Å². The van der Waals surface area contributed by atoms with Gasteiger partial charge in [-0.25, -0.2) is 4.68 Å². The van der Waals surface area contributed by atoms with Crippen molar-refractivity contribution >= 4 is 50.4 Å². The highest BCUT2D eigenvalue weighted by atomic mass is 32.2. The molecule has 2 heterocycles. The third kappa shape index (κ3) is 5.55. The molecule has 0 radical (unpaired) electrons. The molecule has 1 N–H and O–H groups in total. The van der Waals surface area contributed by atoms with E-state index in [2.05, 4.69) is 0 Å². The van der Waals surface area contributed by atoms with Crippen LogP contribution in [0.1, 0.15) is 12.5 Å². The average molecular weight is 516 g/mol. The van der Waals surface area contributed by atoms with E-state index in [1.807, 2.05) is 67.7 Å². The van der Waals surface area contributed by atoms with E-state index in [4.69, 9.17) is 26.6 Å². The van der Waals surface area contributed by atoms with Crippen LogP contribution in [0.25, 0.3) is 23.0 Å². The largest absolute Gasteiger partial charge is 0.494 e. The second-order valence-corrected chi connectivity index (χ2v) is 10.5. The number of nitrogens with zero attached hydrogens (tertiary/aromatic N) is 3. The molecule has 0 atom stereocenters. The van der Waals surface area contributed by atoms with E-state index in [0.29, 0.717) is 28.5 Å². The number of hydrogen-bond acceptors (Lipinski definition) is 7. The Kier molecular flexibility index (Phi) is 7.17. The summed E-state index contributed by atoms with van der Waals surface area (Å²) in [6.07, 6.45) is 3.52. The number of carbonyl (C=O) groups is 1. The Morgan fingerprint density at radius 3 is 2.65 bits per heavy atom. The van der Waals surface area contributed by atoms with Crippen LogP contribution in [-0.4, -0.2) is 56.8 Å². The number of carbonyl (C=O) groups excluding carboxylic acids is 1. The minimum Gasteiger partial charge on any atom is -0.494 e. The maximum absolute atomic E-state index is 12.9. The fraction of sp³-hybridized carbons (Fsp3) is 0.174. The Morgan fingerprint density at radius 2 is 1.94 bits per heavy atom. The maximum Gasteiger partial charge on any atom is 0.266 e. The second-order valence-electron chi connectivity index (χ2n) is 7.29. The number of ether oxygens (including phenoxy) is 1. The molecule has 1 fully saturated rings. The lowest BCUT2D eigenvalue weighted by Gasteiger charge is -2.12. The lowest BCUT2D eigenvalue weighted by molar-refractivity contribution is -0.121. The monoisotopic (exact) mass is 515 g/mol. The first-order chi connectivity index (χ1) is 16.2. The second kappa shape index (κ2) is 10.1. The number of thioether (sulfide) groups is 1. The fourth-order valence-corrected chi connectivity index (χ4v) is 5.08. The van der Waals surface area contributed by atoms with E-state index in [1.54, 1.807) is 10.8 Å². The molecule has 0 saturated carbocycles. The van der Waals surface area contributed by atoms with Crippen molar-refractivity contribution in [1.29, 1.82) is 0 Å². The zero-order valence-electron chi connectivity index (χ0n) is 18.1. The summed E-state index contributed by atoms with van der Waals surface area (Å²) >= 11 is 6.34. The van der Waals surface area contributed by atoms with Crippen molar-refractivity contribution in [1.82, 2.24) is 14.7 Å². The molecule has 11 heteroatoms. The van der Waals surface area contributed by atoms with Gasteiger partial charge in [0.1, 0.15) is 15.8 Å². The van der Waals surface area contributed by atoms with E-state index in [-0.39, 0.29) is 10.9 Å². The van der Waals surface area contributed by atoms with E-state index < -0.39 is 21.8 Å². The van der Waals surface area contributed by atoms with Crippen LogP contribution in [0, 0.1) is 0 Å². The first-order valence-electron chi connectivity index (χ1n) is 10.3. The van der Waals surface area contributed by atoms with Gasteiger partial charge in [-0.15, -0.1) is 0 Å². The topological polar surface area (TPSA) is 102 Å². The van der Waals surface area contributed by atoms with Crippen LogP contribution < -0.4 is 4.74 Å². The van der Waals surface area contributed by atoms with E-state index in [1.165, 1.54) is 4.90 Å². The molecule has 1 amide bonds. The Hall–Kier alpha value is -2.99. The molecule has 1 aromatic heterocycles. The Bertz CT molecular complexity index is 1370. The van der Waals surface area contributed by atoms with E-state index in [0.717, 1.165) is 23.0 Å². The van der Waals surface area contributed by atoms with E-state index >= 15 is 0 Å². The first kappa shape index (κ1) is 24.1. The zero-order valence-corrected chi connectivity index (χ0v) is 20.6. The van der Waals surface area contributed by atoms with Gasteiger partial charge in [-0.3, -0.25) is 14.2 Å². The number of amides is 1. The van der Waals surface area contributed by atoms with Crippen molar-refractivity contribution in [3.63, 3.8) is 0 Å². The number of thiocarbonyl (C=S) groups is 1. The van der Waals surface area contributed by atoms with Gasteiger partial charge in [0.15, 0.2) is 0 Å².